The van der Waals surface area contributed by atoms with Gasteiger partial charge in [-0.25, -0.2) is 4.79 Å². The number of nitrogens with zero attached hydrogens (tertiary/aromatic N) is 1. The highest BCUT2D eigenvalue weighted by atomic mass is 127. The van der Waals surface area contributed by atoms with E-state index in [2.05, 4.69) is 33.2 Å². The molecule has 2 aliphatic rings. The van der Waals surface area contributed by atoms with Gasteiger partial charge in [0, 0.05) is 40.8 Å². The molecule has 0 saturated heterocycles. The van der Waals surface area contributed by atoms with Crippen LogP contribution in [0.15, 0.2) is 99.9 Å². The second kappa shape index (κ2) is 12.9. The highest BCUT2D eigenvalue weighted by Gasteiger charge is 2.40. The predicted octanol–water partition coefficient (Wildman–Crippen LogP) is 6.39. The molecular formula is C32H27ClIN3O6. The first kappa shape index (κ1) is 30.2. The van der Waals surface area contributed by atoms with E-state index in [1.807, 2.05) is 54.4 Å². The van der Waals surface area contributed by atoms with Gasteiger partial charge >= 0.3 is 5.97 Å². The van der Waals surface area contributed by atoms with E-state index in [1.165, 1.54) is 0 Å². The minimum Gasteiger partial charge on any atom is -0.507 e. The van der Waals surface area contributed by atoms with Crippen LogP contribution in [0.1, 0.15) is 22.3 Å². The minimum atomic E-state index is -1.17. The smallest absolute Gasteiger partial charge is 0.339 e. The zero-order valence-corrected chi connectivity index (χ0v) is 25.8. The summed E-state index contributed by atoms with van der Waals surface area (Å²) < 4.78 is 6.70. The van der Waals surface area contributed by atoms with Gasteiger partial charge in [0.05, 0.1) is 22.3 Å². The number of likely N-dealkylation sites (N-methyl/N-ethyl adjacent to an activating group) is 1. The van der Waals surface area contributed by atoms with E-state index >= 15 is 0 Å². The summed E-state index contributed by atoms with van der Waals surface area (Å²) in [7, 11) is 1.88. The van der Waals surface area contributed by atoms with Gasteiger partial charge in [-0.05, 0) is 76.7 Å². The van der Waals surface area contributed by atoms with Crippen molar-refractivity contribution in [3.8, 4) is 11.5 Å². The van der Waals surface area contributed by atoms with E-state index in [4.69, 9.17) is 16.3 Å². The van der Waals surface area contributed by atoms with Gasteiger partial charge in [-0.2, -0.15) is 0 Å². The number of carboxylic acids is 1. The Kier molecular flexibility index (Phi) is 9.07. The molecule has 1 aliphatic heterocycles. The Bertz CT molecular complexity index is 1670. The van der Waals surface area contributed by atoms with E-state index in [0.717, 1.165) is 14.8 Å². The number of nitrogens with one attached hydrogen (secondary N) is 2. The van der Waals surface area contributed by atoms with Gasteiger partial charge in [0.15, 0.2) is 0 Å². The summed E-state index contributed by atoms with van der Waals surface area (Å²) in [6.45, 7) is 0.137. The first-order valence-corrected chi connectivity index (χ1v) is 14.8. The summed E-state index contributed by atoms with van der Waals surface area (Å²) >= 11 is 8.53. The molecule has 43 heavy (non-hydrogen) atoms. The number of carbonyl (C=O) groups excluding carboxylic acids is 2. The Labute approximate surface area is 266 Å². The van der Waals surface area contributed by atoms with Crippen molar-refractivity contribution in [3.05, 3.63) is 116 Å². The van der Waals surface area contributed by atoms with Crippen molar-refractivity contribution < 1.29 is 29.3 Å². The van der Waals surface area contributed by atoms with Gasteiger partial charge in [-0.15, -0.1) is 0 Å². The number of benzene rings is 3. The molecule has 0 aromatic heterocycles. The number of anilines is 1. The Balaban J connectivity index is 1.14. The first-order valence-electron chi connectivity index (χ1n) is 13.3. The molecule has 2 unspecified atom stereocenters. The lowest BCUT2D eigenvalue weighted by molar-refractivity contribution is -0.132. The summed E-state index contributed by atoms with van der Waals surface area (Å²) in [4.78, 5) is 38.7. The maximum absolute atomic E-state index is 12.7. The summed E-state index contributed by atoms with van der Waals surface area (Å²) in [6.07, 6.45) is 3.20. The molecule has 11 heteroatoms. The van der Waals surface area contributed by atoms with Crippen molar-refractivity contribution in [1.82, 2.24) is 10.2 Å². The Morgan fingerprint density at radius 2 is 1.74 bits per heavy atom. The molecule has 220 valence electrons. The molecule has 4 N–H and O–H groups in total. The molecule has 0 radical (unpaired) electrons. The largest absolute Gasteiger partial charge is 0.507 e. The van der Waals surface area contributed by atoms with Crippen LogP contribution >= 0.6 is 34.2 Å². The van der Waals surface area contributed by atoms with E-state index in [-0.39, 0.29) is 48.1 Å². The minimum absolute atomic E-state index is 0.0641. The lowest BCUT2D eigenvalue weighted by atomic mass is 9.91. The number of para-hydroxylation sites is 1. The third kappa shape index (κ3) is 6.70. The number of fused-ring (bicyclic) bond motifs is 1. The summed E-state index contributed by atoms with van der Waals surface area (Å²) in [6, 6.07) is 21.0. The van der Waals surface area contributed by atoms with E-state index in [9.17, 15) is 24.6 Å². The van der Waals surface area contributed by atoms with Crippen LogP contribution in [-0.4, -0.2) is 52.5 Å². The quantitative estimate of drug-likeness (QED) is 0.190. The van der Waals surface area contributed by atoms with Gasteiger partial charge in [0.25, 0.3) is 5.91 Å². The van der Waals surface area contributed by atoms with Gasteiger partial charge in [0.1, 0.15) is 17.3 Å². The topological polar surface area (TPSA) is 128 Å². The Morgan fingerprint density at radius 3 is 2.42 bits per heavy atom. The maximum atomic E-state index is 12.7. The van der Waals surface area contributed by atoms with Crippen molar-refractivity contribution in [1.29, 1.82) is 0 Å². The Morgan fingerprint density at radius 1 is 1.02 bits per heavy atom. The third-order valence-corrected chi connectivity index (χ3v) is 8.64. The molecule has 3 aromatic carbocycles. The molecule has 5 rings (SSSR count). The number of ether oxygens (including phenoxy) is 1. The van der Waals surface area contributed by atoms with Crippen LogP contribution in [0.2, 0.25) is 5.02 Å². The van der Waals surface area contributed by atoms with Crippen LogP contribution in [0.5, 0.6) is 11.5 Å². The van der Waals surface area contributed by atoms with E-state index in [1.54, 1.807) is 42.5 Å². The highest BCUT2D eigenvalue weighted by molar-refractivity contribution is 14.1. The lowest BCUT2D eigenvalue weighted by Crippen LogP contribution is -2.31. The van der Waals surface area contributed by atoms with Crippen LogP contribution in [0.4, 0.5) is 5.69 Å². The van der Waals surface area contributed by atoms with Crippen LogP contribution in [0, 0.1) is 5.92 Å². The fourth-order valence-corrected chi connectivity index (χ4v) is 6.42. The molecule has 2 atom stereocenters. The molecule has 0 bridgehead atoms. The second-order valence-electron chi connectivity index (χ2n) is 9.95. The second-order valence-corrected chi connectivity index (χ2v) is 11.5. The number of hydrogen-bond acceptors (Lipinski definition) is 6. The van der Waals surface area contributed by atoms with Gasteiger partial charge < -0.3 is 30.5 Å². The average Bonchev–Trinajstić information content (AvgIpc) is 3.22. The molecular weight excluding hydrogens is 685 g/mol. The van der Waals surface area contributed by atoms with Gasteiger partial charge in [-0.3, -0.25) is 9.59 Å². The number of carboxylic acid groups (broad SMARTS) is 1. The molecule has 0 fully saturated rings. The van der Waals surface area contributed by atoms with E-state index in [0.29, 0.717) is 27.8 Å². The van der Waals surface area contributed by atoms with Gasteiger partial charge in [-0.1, -0.05) is 48.0 Å². The maximum Gasteiger partial charge on any atom is 0.339 e. The SMILES string of the molecule is CN1C(c2ccc(C(=O)NCCC(=O)Nc3ccc(Oc4ccccc4)c(Cl)c3)cc2)=C(I)C2C=C(C(=O)O)C(O)=CC21. The summed E-state index contributed by atoms with van der Waals surface area (Å²) in [5.74, 6) is -1.11. The normalized spacial score (nSPS) is 17.5. The standard InChI is InChI=1S/C32H27ClIN3O6/c1-37-25-17-26(38)23(32(41)42)16-22(25)29(34)30(37)18-7-9-19(10-8-18)31(40)35-14-13-28(39)36-20-11-12-27(24(33)15-20)43-21-5-3-2-4-6-21/h2-12,15-17,22,25,38H,13-14H2,1H3,(H,35,40)(H,36,39)(H,41,42). The van der Waals surface area contributed by atoms with Crippen molar-refractivity contribution in [2.45, 2.75) is 12.5 Å². The zero-order chi connectivity index (χ0) is 30.7. The number of rotatable bonds is 9. The van der Waals surface area contributed by atoms with Crippen LogP contribution in [0.25, 0.3) is 5.70 Å². The van der Waals surface area contributed by atoms with Crippen molar-refractivity contribution >= 4 is 63.4 Å². The average molecular weight is 712 g/mol. The Hall–Kier alpha value is -4.29. The number of carbonyl (C=O) groups is 3. The number of amides is 2. The third-order valence-electron chi connectivity index (χ3n) is 7.11. The van der Waals surface area contributed by atoms with Crippen LogP contribution in [-0.2, 0) is 9.59 Å². The zero-order valence-electron chi connectivity index (χ0n) is 22.9. The summed E-state index contributed by atoms with van der Waals surface area (Å²) in [5, 5.41) is 25.5. The molecule has 9 nitrogen and oxygen atoms in total. The number of aliphatic hydroxyl groups is 1. The number of halogens is 2. The first-order chi connectivity index (χ1) is 20.6. The highest BCUT2D eigenvalue weighted by Crippen LogP contribution is 2.46. The molecule has 0 spiro atoms. The summed E-state index contributed by atoms with van der Waals surface area (Å²) in [5.41, 5.74) is 2.59. The van der Waals surface area contributed by atoms with E-state index < -0.39 is 5.97 Å². The molecule has 1 heterocycles. The number of aliphatic hydroxyl groups excluding tert-OH is 1. The molecule has 3 aromatic rings. The predicted molar refractivity (Wildman–Crippen MR) is 172 cm³/mol. The number of hydrogen-bond donors (Lipinski definition) is 4. The van der Waals surface area contributed by atoms with Crippen LogP contribution < -0.4 is 15.4 Å². The fourth-order valence-electron chi connectivity index (χ4n) is 4.96. The van der Waals surface area contributed by atoms with Crippen molar-refractivity contribution in [3.63, 3.8) is 0 Å². The monoisotopic (exact) mass is 711 g/mol. The van der Waals surface area contributed by atoms with Crippen molar-refractivity contribution in [2.24, 2.45) is 5.92 Å². The number of aliphatic carboxylic acids is 1. The lowest BCUT2D eigenvalue weighted by Gasteiger charge is -2.28. The van der Waals surface area contributed by atoms with Gasteiger partial charge in [0.2, 0.25) is 5.91 Å². The molecule has 0 saturated carbocycles. The molecule has 1 aliphatic carbocycles. The van der Waals surface area contributed by atoms with Crippen molar-refractivity contribution in [2.75, 3.05) is 18.9 Å². The van der Waals surface area contributed by atoms with Crippen LogP contribution in [0.3, 0.4) is 0 Å². The molecule has 2 amide bonds. The fraction of sp³-hybridized carbons (Fsp3) is 0.156.